The van der Waals surface area contributed by atoms with Crippen LogP contribution in [0.5, 0.6) is 0 Å². The van der Waals surface area contributed by atoms with Crippen LogP contribution in [0.1, 0.15) is 109 Å². The van der Waals surface area contributed by atoms with Crippen LogP contribution in [0.2, 0.25) is 0 Å². The van der Waals surface area contributed by atoms with E-state index in [1.54, 1.807) is 0 Å². The summed E-state index contributed by atoms with van der Waals surface area (Å²) in [6.07, 6.45) is 46.5. The van der Waals surface area contributed by atoms with Gasteiger partial charge in [0.1, 0.15) is 0 Å². The number of hydrogen-bond donors (Lipinski definition) is 2. The first-order valence-electron chi connectivity index (χ1n) is 19.0. The van der Waals surface area contributed by atoms with Crippen molar-refractivity contribution < 1.29 is 0 Å². The minimum absolute atomic E-state index is 0.0564. The molecule has 0 radical (unpaired) electrons. The lowest BCUT2D eigenvalue weighted by atomic mass is 9.68. The van der Waals surface area contributed by atoms with Gasteiger partial charge >= 0.3 is 0 Å². The largest absolute Gasteiger partial charge is 0.402 e. The highest BCUT2D eigenvalue weighted by molar-refractivity contribution is 7.81. The molecule has 0 spiro atoms. The molecule has 3 rings (SSSR count). The third kappa shape index (κ3) is 12.6. The Kier molecular flexibility index (Phi) is 17.9. The van der Waals surface area contributed by atoms with Crippen molar-refractivity contribution in [2.45, 2.75) is 109 Å². The fraction of sp³-hybridized carbons (Fsp3) is 0.347. The molecule has 3 unspecified atom stereocenters. The second-order valence-electron chi connectivity index (χ2n) is 14.0. The van der Waals surface area contributed by atoms with Gasteiger partial charge in [-0.3, -0.25) is 0 Å². The van der Waals surface area contributed by atoms with Gasteiger partial charge in [0.2, 0.25) is 0 Å². The predicted molar refractivity (Wildman–Crippen MR) is 231 cm³/mol. The van der Waals surface area contributed by atoms with Crippen LogP contribution < -0.4 is 5.73 Å². The fourth-order valence-electron chi connectivity index (χ4n) is 6.79. The average molecular weight is 698 g/mol. The number of hydrogen-bond acceptors (Lipinski definition) is 2. The lowest BCUT2D eigenvalue weighted by Gasteiger charge is -2.39. The van der Waals surface area contributed by atoms with Gasteiger partial charge in [0.05, 0.1) is 0 Å². The van der Waals surface area contributed by atoms with Crippen LogP contribution in [0.25, 0.3) is 0 Å². The van der Waals surface area contributed by atoms with Crippen LogP contribution in [-0.2, 0) is 5.41 Å². The van der Waals surface area contributed by atoms with Crippen LogP contribution in [0.15, 0.2) is 180 Å². The summed E-state index contributed by atoms with van der Waals surface area (Å²) in [4.78, 5) is 0. The number of allylic oxidation sites excluding steroid dienone is 22. The molecule has 1 aromatic carbocycles. The predicted octanol–water partition coefficient (Wildman–Crippen LogP) is 13.9. The van der Waals surface area contributed by atoms with Crippen molar-refractivity contribution in [2.24, 2.45) is 5.73 Å². The van der Waals surface area contributed by atoms with Gasteiger partial charge in [0.25, 0.3) is 0 Å². The Morgan fingerprint density at radius 1 is 1.08 bits per heavy atom. The SMILES string of the molecule is C=C(N)CC(=C\CC1=CC=CCC1)/C1=C/C(=C)C(/C(C)=C/C=C\CCC)=C\C=C/C(S)C(C/C=C\C=C/C)(c2ccccc2C(C)CC)C/C=C\1. The summed E-state index contributed by atoms with van der Waals surface area (Å²) in [5, 5.41) is -0.0564. The van der Waals surface area contributed by atoms with E-state index in [-0.39, 0.29) is 10.7 Å². The molecule has 0 aliphatic heterocycles. The normalized spacial score (nSPS) is 24.8. The molecule has 3 atom stereocenters. The molecule has 0 bridgehead atoms. The Bertz CT molecular complexity index is 1670. The molecule has 2 aliphatic carbocycles. The van der Waals surface area contributed by atoms with E-state index in [4.69, 9.17) is 18.4 Å². The van der Waals surface area contributed by atoms with Gasteiger partial charge < -0.3 is 5.73 Å². The van der Waals surface area contributed by atoms with E-state index in [0.717, 1.165) is 68.1 Å². The van der Waals surface area contributed by atoms with Crippen molar-refractivity contribution in [2.75, 3.05) is 0 Å². The van der Waals surface area contributed by atoms with Gasteiger partial charge in [-0.05, 0) is 110 Å². The van der Waals surface area contributed by atoms with E-state index in [9.17, 15) is 0 Å². The number of nitrogens with two attached hydrogens (primary N) is 1. The van der Waals surface area contributed by atoms with E-state index in [2.05, 4.69) is 175 Å². The van der Waals surface area contributed by atoms with Gasteiger partial charge in [-0.2, -0.15) is 12.6 Å². The fourth-order valence-corrected chi connectivity index (χ4v) is 7.24. The first-order chi connectivity index (χ1) is 24.7. The van der Waals surface area contributed by atoms with Crippen LogP contribution >= 0.6 is 12.6 Å². The average Bonchev–Trinajstić information content (AvgIpc) is 3.13. The molecule has 0 amide bonds. The van der Waals surface area contributed by atoms with E-state index >= 15 is 0 Å². The molecular weight excluding hydrogens is 635 g/mol. The second-order valence-corrected chi connectivity index (χ2v) is 14.5. The number of thiol groups is 1. The summed E-state index contributed by atoms with van der Waals surface area (Å²) in [6, 6.07) is 9.04. The van der Waals surface area contributed by atoms with Gasteiger partial charge in [-0.25, -0.2) is 0 Å². The van der Waals surface area contributed by atoms with Gasteiger partial charge in [0.15, 0.2) is 0 Å². The Morgan fingerprint density at radius 2 is 1.88 bits per heavy atom. The van der Waals surface area contributed by atoms with Crippen molar-refractivity contribution in [1.29, 1.82) is 0 Å². The summed E-state index contributed by atoms with van der Waals surface area (Å²) in [6.45, 7) is 19.8. The van der Waals surface area contributed by atoms with Crippen molar-refractivity contribution in [1.82, 2.24) is 0 Å². The van der Waals surface area contributed by atoms with Crippen LogP contribution in [0.3, 0.4) is 0 Å². The molecule has 2 heteroatoms. The molecule has 0 aromatic heterocycles. The van der Waals surface area contributed by atoms with Crippen molar-refractivity contribution in [3.05, 3.63) is 191 Å². The van der Waals surface area contributed by atoms with E-state index in [1.807, 2.05) is 0 Å². The molecule has 0 saturated carbocycles. The topological polar surface area (TPSA) is 26.0 Å². The molecule has 0 saturated heterocycles. The molecule has 2 aliphatic rings. The van der Waals surface area contributed by atoms with Gasteiger partial charge in [0, 0.05) is 22.8 Å². The van der Waals surface area contributed by atoms with Crippen molar-refractivity contribution >= 4 is 12.6 Å². The molecule has 0 heterocycles. The zero-order valence-corrected chi connectivity index (χ0v) is 33.0. The first kappa shape index (κ1) is 41.4. The minimum Gasteiger partial charge on any atom is -0.402 e. The highest BCUT2D eigenvalue weighted by Crippen LogP contribution is 2.44. The van der Waals surface area contributed by atoms with Gasteiger partial charge in [-0.15, -0.1) is 0 Å². The molecule has 270 valence electrons. The molecular formula is C49H63NS. The van der Waals surface area contributed by atoms with Crippen LogP contribution in [0.4, 0.5) is 0 Å². The Labute approximate surface area is 317 Å². The van der Waals surface area contributed by atoms with Crippen molar-refractivity contribution in [3.8, 4) is 0 Å². The zero-order valence-electron chi connectivity index (χ0n) is 32.1. The first-order valence-corrected chi connectivity index (χ1v) is 19.5. The zero-order chi connectivity index (χ0) is 37.1. The van der Waals surface area contributed by atoms with Gasteiger partial charge in [-0.1, -0.05) is 167 Å². The Balaban J connectivity index is 2.33. The summed E-state index contributed by atoms with van der Waals surface area (Å²) in [5.74, 6) is 0.431. The lowest BCUT2D eigenvalue weighted by Crippen LogP contribution is -2.36. The molecule has 1 aromatic rings. The number of benzene rings is 1. The number of rotatable bonds is 15. The Morgan fingerprint density at radius 3 is 2.59 bits per heavy atom. The molecule has 2 N–H and O–H groups in total. The second kappa shape index (κ2) is 22.0. The van der Waals surface area contributed by atoms with E-state index in [1.165, 1.54) is 27.8 Å². The van der Waals surface area contributed by atoms with E-state index in [0.29, 0.717) is 18.0 Å². The molecule has 1 nitrogen and oxygen atoms in total. The maximum Gasteiger partial charge on any atom is 0.0302 e. The minimum atomic E-state index is -0.294. The smallest absolute Gasteiger partial charge is 0.0302 e. The summed E-state index contributed by atoms with van der Waals surface area (Å²) >= 11 is 5.45. The summed E-state index contributed by atoms with van der Waals surface area (Å²) < 4.78 is 0. The maximum atomic E-state index is 6.35. The quantitative estimate of drug-likeness (QED) is 0.138. The molecule has 51 heavy (non-hydrogen) atoms. The summed E-state index contributed by atoms with van der Waals surface area (Å²) in [5.41, 5.74) is 16.4. The number of unbranched alkanes of at least 4 members (excludes halogenated alkanes) is 1. The monoisotopic (exact) mass is 697 g/mol. The highest BCUT2D eigenvalue weighted by Gasteiger charge is 2.38. The van der Waals surface area contributed by atoms with Crippen LogP contribution in [-0.4, -0.2) is 5.25 Å². The lowest BCUT2D eigenvalue weighted by molar-refractivity contribution is 0.445. The third-order valence-electron chi connectivity index (χ3n) is 10.0. The van der Waals surface area contributed by atoms with Crippen molar-refractivity contribution in [3.63, 3.8) is 0 Å². The Hall–Kier alpha value is -4.01. The maximum absolute atomic E-state index is 6.35. The standard InChI is InChI=1S/C49H63NS/c1-8-11-13-16-24-39(5)45-29-22-31-48(51)49(34-21-14-12-9-2,47-30-20-19-28-46(47)38(4)10-3)35-23-27-43(36-40(45)6)44(37-41(7)50)33-32-42-25-17-15-18-26-42/h9,12-17,19-25,27-31,33,36,38,48,51H,6-8,10-11,18,26,32,34-35,37,50H2,1-5H3/b12-9-,16-13-,21-14-,27-23-,31-22-,39-24+,43-36+,44-33+,45-29-. The molecule has 0 fully saturated rings. The third-order valence-corrected chi connectivity index (χ3v) is 10.7. The summed E-state index contributed by atoms with van der Waals surface area (Å²) in [7, 11) is 0. The van der Waals surface area contributed by atoms with Crippen LogP contribution in [0, 0.1) is 0 Å². The highest BCUT2D eigenvalue weighted by atomic mass is 32.1. The van der Waals surface area contributed by atoms with E-state index < -0.39 is 0 Å².